The van der Waals surface area contributed by atoms with Crippen LogP contribution in [0.25, 0.3) is 11.0 Å². The smallest absolute Gasteiger partial charge is 0.410 e. The molecule has 5 rings (SSSR count). The summed E-state index contributed by atoms with van der Waals surface area (Å²) >= 11 is 0. The molecule has 0 radical (unpaired) electrons. The summed E-state index contributed by atoms with van der Waals surface area (Å²) in [5.41, 5.74) is 3.16. The standard InChI is InChI=1S/C38H55FN6O5Si/c1-37(2,3)50-36(47)45-15-12-26(13-16-45)33-27(10-9-11-29(33)39)24-41-30-22-28(35(46)40-14-19-49-51(7,8)38(4,5)6)23-31-34(30)43-32(25-42-31)44-17-20-48-21-18-44/h9-11,22-23,25-26,41H,12-21,24H2,1-8H3,(H,40,46). The number of rotatable bonds is 10. The molecule has 0 atom stereocenters. The number of piperidine rings is 1. The zero-order valence-electron chi connectivity index (χ0n) is 31.5. The third-order valence-corrected chi connectivity index (χ3v) is 14.6. The number of ether oxygens (including phenoxy) is 2. The average molecular weight is 723 g/mol. The van der Waals surface area contributed by atoms with Crippen molar-refractivity contribution >= 4 is 42.9 Å². The Morgan fingerprint density at radius 3 is 2.41 bits per heavy atom. The van der Waals surface area contributed by atoms with Crippen LogP contribution >= 0.6 is 0 Å². The van der Waals surface area contributed by atoms with Crippen LogP contribution in [0.1, 0.15) is 81.8 Å². The number of fused-ring (bicyclic) bond motifs is 1. The Balaban J connectivity index is 1.36. The number of halogens is 1. The highest BCUT2D eigenvalue weighted by Crippen LogP contribution is 2.37. The van der Waals surface area contributed by atoms with Crippen LogP contribution in [-0.2, 0) is 20.4 Å². The van der Waals surface area contributed by atoms with Gasteiger partial charge in [-0.1, -0.05) is 32.9 Å². The van der Waals surface area contributed by atoms with Gasteiger partial charge in [0.05, 0.1) is 37.2 Å². The molecule has 2 saturated heterocycles. The Morgan fingerprint density at radius 2 is 1.75 bits per heavy atom. The van der Waals surface area contributed by atoms with Gasteiger partial charge in [0.2, 0.25) is 0 Å². The van der Waals surface area contributed by atoms with Crippen LogP contribution < -0.4 is 15.5 Å². The highest BCUT2D eigenvalue weighted by Gasteiger charge is 2.37. The molecule has 0 saturated carbocycles. The summed E-state index contributed by atoms with van der Waals surface area (Å²) in [6.45, 7) is 21.2. The summed E-state index contributed by atoms with van der Waals surface area (Å²) in [6.07, 6.45) is 2.65. The average Bonchev–Trinajstić information content (AvgIpc) is 3.08. The minimum absolute atomic E-state index is 0.0585. The van der Waals surface area contributed by atoms with Gasteiger partial charge in [0, 0.05) is 44.8 Å². The fourth-order valence-corrected chi connectivity index (χ4v) is 7.21. The highest BCUT2D eigenvalue weighted by molar-refractivity contribution is 6.74. The van der Waals surface area contributed by atoms with Gasteiger partial charge in [-0.2, -0.15) is 0 Å². The number of likely N-dealkylation sites (tertiary alicyclic amines) is 1. The van der Waals surface area contributed by atoms with Gasteiger partial charge in [-0.25, -0.2) is 14.2 Å². The molecule has 13 heteroatoms. The Morgan fingerprint density at radius 1 is 1.04 bits per heavy atom. The maximum atomic E-state index is 15.6. The molecular formula is C38H55FN6O5Si. The van der Waals surface area contributed by atoms with Crippen molar-refractivity contribution in [1.29, 1.82) is 0 Å². The third kappa shape index (κ3) is 9.75. The largest absolute Gasteiger partial charge is 0.444 e. The molecule has 0 bridgehead atoms. The molecule has 2 fully saturated rings. The summed E-state index contributed by atoms with van der Waals surface area (Å²) in [6, 6.07) is 8.69. The van der Waals surface area contributed by atoms with Crippen LogP contribution in [-0.4, -0.2) is 93.3 Å². The van der Waals surface area contributed by atoms with Crippen LogP contribution in [0.5, 0.6) is 0 Å². The fraction of sp³-hybridized carbons (Fsp3) is 0.579. The number of benzene rings is 2. The van der Waals surface area contributed by atoms with Crippen LogP contribution in [0.4, 0.5) is 20.7 Å². The second kappa shape index (κ2) is 15.8. The number of morpholine rings is 1. The number of hydrogen-bond donors (Lipinski definition) is 2. The quantitative estimate of drug-likeness (QED) is 0.167. The van der Waals surface area contributed by atoms with Gasteiger partial charge in [-0.05, 0) is 87.0 Å². The van der Waals surface area contributed by atoms with Crippen molar-refractivity contribution in [3.05, 3.63) is 59.0 Å². The first-order chi connectivity index (χ1) is 24.0. The van der Waals surface area contributed by atoms with E-state index in [1.165, 1.54) is 6.07 Å². The minimum Gasteiger partial charge on any atom is -0.444 e. The van der Waals surface area contributed by atoms with E-state index in [1.807, 2.05) is 26.8 Å². The van der Waals surface area contributed by atoms with Gasteiger partial charge in [0.25, 0.3) is 5.91 Å². The lowest BCUT2D eigenvalue weighted by Gasteiger charge is -2.36. The van der Waals surface area contributed by atoms with E-state index in [4.69, 9.17) is 23.9 Å². The Kier molecular flexibility index (Phi) is 11.9. The second-order valence-electron chi connectivity index (χ2n) is 16.0. The maximum Gasteiger partial charge on any atom is 0.410 e. The molecule has 3 heterocycles. The number of anilines is 2. The number of hydrogen-bond acceptors (Lipinski definition) is 9. The van der Waals surface area contributed by atoms with Gasteiger partial charge in [-0.3, -0.25) is 9.78 Å². The van der Waals surface area contributed by atoms with Crippen molar-refractivity contribution in [2.24, 2.45) is 0 Å². The summed E-state index contributed by atoms with van der Waals surface area (Å²) < 4.78 is 32.9. The highest BCUT2D eigenvalue weighted by atomic mass is 28.4. The third-order valence-electron chi connectivity index (χ3n) is 10.1. The van der Waals surface area contributed by atoms with Gasteiger partial charge < -0.3 is 34.3 Å². The van der Waals surface area contributed by atoms with Gasteiger partial charge >= 0.3 is 6.09 Å². The summed E-state index contributed by atoms with van der Waals surface area (Å²) in [7, 11) is -1.94. The van der Waals surface area contributed by atoms with Crippen LogP contribution in [0.2, 0.25) is 18.1 Å². The van der Waals surface area contributed by atoms with Crippen molar-refractivity contribution in [2.75, 3.05) is 62.8 Å². The molecule has 2 amide bonds. The molecule has 1 aromatic heterocycles. The second-order valence-corrected chi connectivity index (χ2v) is 20.8. The first-order valence-corrected chi connectivity index (χ1v) is 21.0. The lowest BCUT2D eigenvalue weighted by molar-refractivity contribution is 0.0204. The van der Waals surface area contributed by atoms with Gasteiger partial charge in [0.15, 0.2) is 8.32 Å². The van der Waals surface area contributed by atoms with Crippen molar-refractivity contribution < 1.29 is 27.9 Å². The molecule has 0 aliphatic carbocycles. The van der Waals surface area contributed by atoms with Gasteiger partial charge in [0.1, 0.15) is 22.8 Å². The van der Waals surface area contributed by atoms with Crippen molar-refractivity contribution in [3.8, 4) is 0 Å². The predicted molar refractivity (Wildman–Crippen MR) is 202 cm³/mol. The van der Waals surface area contributed by atoms with E-state index in [9.17, 15) is 9.59 Å². The number of amides is 2. The van der Waals surface area contributed by atoms with E-state index < -0.39 is 13.9 Å². The fourth-order valence-electron chi connectivity index (χ4n) is 6.17. The number of nitrogens with one attached hydrogen (secondary N) is 2. The van der Waals surface area contributed by atoms with Crippen LogP contribution in [0.15, 0.2) is 36.5 Å². The predicted octanol–water partition coefficient (Wildman–Crippen LogP) is 7.08. The van der Waals surface area contributed by atoms with E-state index in [2.05, 4.69) is 49.4 Å². The van der Waals surface area contributed by atoms with Crippen molar-refractivity contribution in [3.63, 3.8) is 0 Å². The molecule has 278 valence electrons. The lowest BCUT2D eigenvalue weighted by atomic mass is 9.86. The number of aromatic nitrogens is 2. The summed E-state index contributed by atoms with van der Waals surface area (Å²) in [4.78, 5) is 39.7. The molecule has 0 spiro atoms. The number of carbonyl (C=O) groups is 2. The zero-order valence-corrected chi connectivity index (χ0v) is 32.5. The SMILES string of the molecule is CC(C)(C)OC(=O)N1CCC(c2c(F)cccc2CNc2cc(C(=O)NCCO[Si](C)(C)C(C)(C)C)cc3ncc(N4CCOCC4)nc23)CC1. The summed E-state index contributed by atoms with van der Waals surface area (Å²) in [5.74, 6) is 0.173. The molecule has 3 aromatic rings. The molecule has 51 heavy (non-hydrogen) atoms. The Bertz CT molecular complexity index is 1690. The molecule has 2 N–H and O–H groups in total. The zero-order chi connectivity index (χ0) is 37.0. The Hall–Kier alpha value is -3.81. The molecule has 2 aliphatic rings. The topological polar surface area (TPSA) is 118 Å². The molecule has 11 nitrogen and oxygen atoms in total. The number of carbonyl (C=O) groups excluding carboxylic acids is 2. The first-order valence-electron chi connectivity index (χ1n) is 18.1. The van der Waals surface area contributed by atoms with Crippen molar-refractivity contribution in [1.82, 2.24) is 20.2 Å². The van der Waals surface area contributed by atoms with E-state index in [-0.39, 0.29) is 28.8 Å². The van der Waals surface area contributed by atoms with Crippen molar-refractivity contribution in [2.45, 2.75) is 90.6 Å². The maximum absolute atomic E-state index is 15.6. The Labute approximate surface area is 302 Å². The normalized spacial score (nSPS) is 16.3. The molecule has 0 unspecified atom stereocenters. The number of nitrogens with zero attached hydrogens (tertiary/aromatic N) is 4. The van der Waals surface area contributed by atoms with Crippen LogP contribution in [0.3, 0.4) is 0 Å². The van der Waals surface area contributed by atoms with E-state index in [0.717, 1.165) is 11.4 Å². The van der Waals surface area contributed by atoms with Gasteiger partial charge in [-0.15, -0.1) is 0 Å². The molecular weight excluding hydrogens is 668 g/mol. The lowest BCUT2D eigenvalue weighted by Crippen LogP contribution is -2.42. The first kappa shape index (κ1) is 38.4. The van der Waals surface area contributed by atoms with E-state index in [0.29, 0.717) is 99.8 Å². The monoisotopic (exact) mass is 722 g/mol. The minimum atomic E-state index is -1.94. The van der Waals surface area contributed by atoms with E-state index >= 15 is 4.39 Å². The van der Waals surface area contributed by atoms with Crippen LogP contribution in [0, 0.1) is 5.82 Å². The molecule has 2 aliphatic heterocycles. The molecule has 2 aromatic carbocycles. The summed E-state index contributed by atoms with van der Waals surface area (Å²) in [5, 5.41) is 6.58. The van der Waals surface area contributed by atoms with E-state index in [1.54, 1.807) is 29.3 Å².